The quantitative estimate of drug-likeness (QED) is 0.671. The lowest BCUT2D eigenvalue weighted by molar-refractivity contribution is 0.102. The van der Waals surface area contributed by atoms with Gasteiger partial charge in [0.2, 0.25) is 0 Å². The van der Waals surface area contributed by atoms with Gasteiger partial charge >= 0.3 is 0 Å². The minimum absolute atomic E-state index is 0.221. The number of carbonyl (C=O) groups is 1. The normalized spacial score (nSPS) is 10.3. The van der Waals surface area contributed by atoms with Crippen molar-refractivity contribution in [2.24, 2.45) is 0 Å². The average Bonchev–Trinajstić information content (AvgIpc) is 2.64. The van der Waals surface area contributed by atoms with E-state index in [1.807, 2.05) is 6.07 Å². The van der Waals surface area contributed by atoms with Crippen LogP contribution < -0.4 is 15.4 Å². The van der Waals surface area contributed by atoms with E-state index in [0.29, 0.717) is 22.1 Å². The molecule has 0 radical (unpaired) electrons. The second-order valence-electron chi connectivity index (χ2n) is 5.37. The molecule has 1 amide bonds. The maximum Gasteiger partial charge on any atom is 0.274 e. The standard InChI is InChI=1S/C19H15ClFN3O2/c1-26-18-7-6-14(10-16(18)20)23-15-8-9-22-17(11-15)19(25)24-13-4-2-12(21)3-5-13/h2-11H,1H3,(H,22,23)(H,24,25). The predicted molar refractivity (Wildman–Crippen MR) is 99.9 cm³/mol. The molecule has 0 unspecified atom stereocenters. The van der Waals surface area contributed by atoms with Crippen molar-refractivity contribution in [2.75, 3.05) is 17.7 Å². The Balaban J connectivity index is 1.74. The number of hydrogen-bond acceptors (Lipinski definition) is 4. The van der Waals surface area contributed by atoms with Gasteiger partial charge in [-0.25, -0.2) is 4.39 Å². The summed E-state index contributed by atoms with van der Waals surface area (Å²) in [6.45, 7) is 0. The van der Waals surface area contributed by atoms with Gasteiger partial charge < -0.3 is 15.4 Å². The van der Waals surface area contributed by atoms with Crippen molar-refractivity contribution in [3.63, 3.8) is 0 Å². The van der Waals surface area contributed by atoms with E-state index >= 15 is 0 Å². The molecule has 0 atom stereocenters. The number of nitrogens with zero attached hydrogens (tertiary/aromatic N) is 1. The zero-order valence-corrected chi connectivity index (χ0v) is 14.5. The van der Waals surface area contributed by atoms with Crippen molar-refractivity contribution in [3.05, 3.63) is 77.3 Å². The minimum atomic E-state index is -0.395. The summed E-state index contributed by atoms with van der Waals surface area (Å²) in [5.41, 5.74) is 2.12. The molecule has 0 saturated carbocycles. The fourth-order valence-electron chi connectivity index (χ4n) is 2.27. The third kappa shape index (κ3) is 4.29. The monoisotopic (exact) mass is 371 g/mol. The Hall–Kier alpha value is -3.12. The third-order valence-electron chi connectivity index (χ3n) is 3.54. The lowest BCUT2D eigenvalue weighted by Gasteiger charge is -2.10. The van der Waals surface area contributed by atoms with Crippen molar-refractivity contribution < 1.29 is 13.9 Å². The molecule has 1 aromatic heterocycles. The van der Waals surface area contributed by atoms with Gasteiger partial charge in [0.05, 0.1) is 12.1 Å². The minimum Gasteiger partial charge on any atom is -0.495 e. The summed E-state index contributed by atoms with van der Waals surface area (Å²) in [6, 6.07) is 14.1. The summed E-state index contributed by atoms with van der Waals surface area (Å²) in [4.78, 5) is 16.4. The molecule has 3 aromatic rings. The molecule has 2 N–H and O–H groups in total. The van der Waals surface area contributed by atoms with Crippen molar-refractivity contribution >= 4 is 34.6 Å². The van der Waals surface area contributed by atoms with E-state index in [1.165, 1.54) is 30.5 Å². The number of rotatable bonds is 5. The number of carbonyl (C=O) groups excluding carboxylic acids is 1. The molecule has 2 aromatic carbocycles. The first-order chi connectivity index (χ1) is 12.5. The molecule has 26 heavy (non-hydrogen) atoms. The summed E-state index contributed by atoms with van der Waals surface area (Å²) in [5, 5.41) is 6.29. The van der Waals surface area contributed by atoms with E-state index in [4.69, 9.17) is 16.3 Å². The van der Waals surface area contributed by atoms with Crippen molar-refractivity contribution in [2.45, 2.75) is 0 Å². The number of methoxy groups -OCH3 is 1. The van der Waals surface area contributed by atoms with Crippen LogP contribution in [0.1, 0.15) is 10.5 Å². The van der Waals surface area contributed by atoms with E-state index in [2.05, 4.69) is 15.6 Å². The Morgan fingerprint density at radius 3 is 2.42 bits per heavy atom. The zero-order valence-electron chi connectivity index (χ0n) is 13.8. The van der Waals surface area contributed by atoms with Gasteiger partial charge in [-0.1, -0.05) is 11.6 Å². The number of aromatic nitrogens is 1. The SMILES string of the molecule is COc1ccc(Nc2ccnc(C(=O)Nc3ccc(F)cc3)c2)cc1Cl. The Bertz CT molecular complexity index is 932. The number of halogens is 2. The van der Waals surface area contributed by atoms with Crippen LogP contribution in [0.4, 0.5) is 21.5 Å². The maximum atomic E-state index is 12.9. The van der Waals surface area contributed by atoms with Gasteiger partial charge in [0.15, 0.2) is 0 Å². The highest BCUT2D eigenvalue weighted by atomic mass is 35.5. The molecule has 5 nitrogen and oxygen atoms in total. The molecule has 7 heteroatoms. The average molecular weight is 372 g/mol. The van der Waals surface area contributed by atoms with Crippen LogP contribution in [0, 0.1) is 5.82 Å². The maximum absolute atomic E-state index is 12.9. The fourth-order valence-corrected chi connectivity index (χ4v) is 2.53. The number of benzene rings is 2. The molecule has 1 heterocycles. The van der Waals surface area contributed by atoms with Crippen LogP contribution in [0.25, 0.3) is 0 Å². The Kier molecular flexibility index (Phi) is 5.34. The third-order valence-corrected chi connectivity index (χ3v) is 3.83. The second-order valence-corrected chi connectivity index (χ2v) is 5.77. The van der Waals surface area contributed by atoms with Crippen LogP contribution in [-0.4, -0.2) is 18.0 Å². The first kappa shape index (κ1) is 17.7. The fraction of sp³-hybridized carbons (Fsp3) is 0.0526. The molecule has 0 spiro atoms. The molecule has 0 aliphatic carbocycles. The van der Waals surface area contributed by atoms with Crippen LogP contribution in [0.3, 0.4) is 0 Å². The van der Waals surface area contributed by atoms with Gasteiger partial charge in [0.25, 0.3) is 5.91 Å². The summed E-state index contributed by atoms with van der Waals surface area (Å²) in [6.07, 6.45) is 1.52. The van der Waals surface area contributed by atoms with Gasteiger partial charge in [-0.2, -0.15) is 0 Å². The lowest BCUT2D eigenvalue weighted by Crippen LogP contribution is -2.13. The highest BCUT2D eigenvalue weighted by molar-refractivity contribution is 6.32. The topological polar surface area (TPSA) is 63.2 Å². The number of anilines is 3. The second kappa shape index (κ2) is 7.84. The molecule has 132 valence electrons. The highest BCUT2D eigenvalue weighted by Gasteiger charge is 2.09. The summed E-state index contributed by atoms with van der Waals surface area (Å²) < 4.78 is 18.1. The van der Waals surface area contributed by atoms with Crippen molar-refractivity contribution in [1.82, 2.24) is 4.98 Å². The van der Waals surface area contributed by atoms with E-state index < -0.39 is 5.91 Å². The number of pyridine rings is 1. The number of amides is 1. The number of ether oxygens (including phenoxy) is 1. The van der Waals surface area contributed by atoms with E-state index in [9.17, 15) is 9.18 Å². The largest absolute Gasteiger partial charge is 0.495 e. The van der Waals surface area contributed by atoms with Crippen molar-refractivity contribution in [1.29, 1.82) is 0 Å². The molecule has 0 bridgehead atoms. The summed E-state index contributed by atoms with van der Waals surface area (Å²) in [5.74, 6) is -0.190. The lowest BCUT2D eigenvalue weighted by atomic mass is 10.2. The van der Waals surface area contributed by atoms with Gasteiger partial charge in [-0.05, 0) is 54.6 Å². The Morgan fingerprint density at radius 2 is 1.73 bits per heavy atom. The first-order valence-electron chi connectivity index (χ1n) is 7.69. The van der Waals surface area contributed by atoms with Crippen LogP contribution >= 0.6 is 11.6 Å². The zero-order chi connectivity index (χ0) is 18.5. The summed E-state index contributed by atoms with van der Waals surface area (Å²) in [7, 11) is 1.54. The van der Waals surface area contributed by atoms with Gasteiger partial charge in [0, 0.05) is 23.3 Å². The van der Waals surface area contributed by atoms with E-state index in [-0.39, 0.29) is 11.5 Å². The molecular weight excluding hydrogens is 357 g/mol. The molecule has 3 rings (SSSR count). The van der Waals surface area contributed by atoms with Crippen LogP contribution in [0.5, 0.6) is 5.75 Å². The van der Waals surface area contributed by atoms with Gasteiger partial charge in [-0.15, -0.1) is 0 Å². The Morgan fingerprint density at radius 1 is 1.04 bits per heavy atom. The summed E-state index contributed by atoms with van der Waals surface area (Å²) >= 11 is 6.11. The first-order valence-corrected chi connectivity index (χ1v) is 8.06. The van der Waals surface area contributed by atoms with Crippen molar-refractivity contribution in [3.8, 4) is 5.75 Å². The Labute approximate surface area is 154 Å². The highest BCUT2D eigenvalue weighted by Crippen LogP contribution is 2.28. The van der Waals surface area contributed by atoms with Crippen LogP contribution in [0.2, 0.25) is 5.02 Å². The molecule has 0 aliphatic heterocycles. The predicted octanol–water partition coefficient (Wildman–Crippen LogP) is 4.88. The molecular formula is C19H15ClFN3O2. The van der Waals surface area contributed by atoms with Gasteiger partial charge in [0.1, 0.15) is 17.3 Å². The number of nitrogens with one attached hydrogen (secondary N) is 2. The molecule has 0 saturated heterocycles. The molecule has 0 fully saturated rings. The van der Waals surface area contributed by atoms with E-state index in [1.54, 1.807) is 31.4 Å². The molecule has 0 aliphatic rings. The van der Waals surface area contributed by atoms with Gasteiger partial charge in [-0.3, -0.25) is 9.78 Å². The van der Waals surface area contributed by atoms with Crippen LogP contribution in [-0.2, 0) is 0 Å². The van der Waals surface area contributed by atoms with Crippen LogP contribution in [0.15, 0.2) is 60.8 Å². The smallest absolute Gasteiger partial charge is 0.274 e. The number of hydrogen-bond donors (Lipinski definition) is 2. The van der Waals surface area contributed by atoms with E-state index in [0.717, 1.165) is 5.69 Å².